The number of alkyl halides is 1. The summed E-state index contributed by atoms with van der Waals surface area (Å²) in [7, 11) is 0. The molecule has 1 N–H and O–H groups in total. The molecule has 106 valence electrons. The first kappa shape index (κ1) is 14.9. The lowest BCUT2D eigenvalue weighted by Gasteiger charge is -2.25. The molecule has 2 atom stereocenters. The van der Waals surface area contributed by atoms with Crippen molar-refractivity contribution in [2.24, 2.45) is 5.92 Å². The lowest BCUT2D eigenvalue weighted by molar-refractivity contribution is 0.346. The number of halogens is 1. The monoisotopic (exact) mass is 279 g/mol. The highest BCUT2D eigenvalue weighted by atomic mass is 35.5. The maximum Gasteiger partial charge on any atom is 0.0339 e. The fraction of sp³-hybridized carbons (Fsp3) is 0.647. The summed E-state index contributed by atoms with van der Waals surface area (Å²) in [6, 6.07) is 4.55. The highest BCUT2D eigenvalue weighted by Gasteiger charge is 2.19. The Morgan fingerprint density at radius 1 is 1.16 bits per heavy atom. The predicted molar refractivity (Wildman–Crippen MR) is 84.0 cm³/mol. The number of rotatable bonds is 4. The zero-order valence-corrected chi connectivity index (χ0v) is 13.2. The maximum absolute atomic E-state index is 6.25. The molecule has 2 rings (SSSR count). The summed E-state index contributed by atoms with van der Waals surface area (Å²) in [6.07, 6.45) is 5.01. The largest absolute Gasteiger partial charge is 0.312 e. The second kappa shape index (κ2) is 6.76. The first-order valence-corrected chi connectivity index (χ1v) is 7.91. The summed E-state index contributed by atoms with van der Waals surface area (Å²) in [5.41, 5.74) is 5.63. The summed E-state index contributed by atoms with van der Waals surface area (Å²) < 4.78 is 0. The van der Waals surface area contributed by atoms with Gasteiger partial charge in [-0.25, -0.2) is 0 Å². The number of hydrogen-bond donors (Lipinski definition) is 1. The molecule has 0 spiro atoms. The number of benzene rings is 1. The van der Waals surface area contributed by atoms with Crippen molar-refractivity contribution in [1.82, 2.24) is 5.32 Å². The number of aryl methyl sites for hydroxylation is 3. The van der Waals surface area contributed by atoms with Crippen LogP contribution in [0.25, 0.3) is 0 Å². The zero-order chi connectivity index (χ0) is 13.8. The smallest absolute Gasteiger partial charge is 0.0339 e. The van der Waals surface area contributed by atoms with E-state index in [0.29, 0.717) is 5.38 Å². The molecule has 1 nitrogen and oxygen atoms in total. The van der Waals surface area contributed by atoms with Gasteiger partial charge >= 0.3 is 0 Å². The summed E-state index contributed by atoms with van der Waals surface area (Å²) in [4.78, 5) is 0. The van der Waals surface area contributed by atoms with Crippen LogP contribution in [-0.4, -0.2) is 11.9 Å². The Labute approximate surface area is 122 Å². The van der Waals surface area contributed by atoms with Gasteiger partial charge < -0.3 is 5.32 Å². The maximum atomic E-state index is 6.25. The summed E-state index contributed by atoms with van der Waals surface area (Å²) in [5, 5.41) is 4.04. The molecule has 0 saturated heterocycles. The Bertz CT molecular complexity index is 404. The molecule has 0 radical (unpaired) electrons. The van der Waals surface area contributed by atoms with Crippen LogP contribution in [0.3, 0.4) is 0 Å². The van der Waals surface area contributed by atoms with Gasteiger partial charge in [0.2, 0.25) is 0 Å². The van der Waals surface area contributed by atoms with Crippen molar-refractivity contribution in [1.29, 1.82) is 0 Å². The van der Waals surface area contributed by atoms with Crippen LogP contribution in [0.5, 0.6) is 0 Å². The summed E-state index contributed by atoms with van der Waals surface area (Å²) in [6.45, 7) is 8.69. The van der Waals surface area contributed by atoms with Crippen LogP contribution in [-0.2, 0) is 6.54 Å². The fourth-order valence-corrected chi connectivity index (χ4v) is 3.71. The van der Waals surface area contributed by atoms with Crippen molar-refractivity contribution in [3.63, 3.8) is 0 Å². The first-order chi connectivity index (χ1) is 9.06. The molecule has 0 heterocycles. The fourth-order valence-electron chi connectivity index (χ4n) is 3.30. The van der Waals surface area contributed by atoms with E-state index in [1.165, 1.54) is 47.9 Å². The summed E-state index contributed by atoms with van der Waals surface area (Å²) in [5.74, 6) is 0.766. The van der Waals surface area contributed by atoms with Gasteiger partial charge in [0, 0.05) is 11.9 Å². The van der Waals surface area contributed by atoms with Gasteiger partial charge in [0.15, 0.2) is 0 Å². The second-order valence-electron chi connectivity index (χ2n) is 6.14. The van der Waals surface area contributed by atoms with Crippen molar-refractivity contribution >= 4 is 11.6 Å². The quantitative estimate of drug-likeness (QED) is 0.800. The van der Waals surface area contributed by atoms with E-state index in [1.807, 2.05) is 0 Å². The lowest BCUT2D eigenvalue weighted by atomic mass is 9.89. The van der Waals surface area contributed by atoms with E-state index < -0.39 is 0 Å². The zero-order valence-electron chi connectivity index (χ0n) is 12.4. The van der Waals surface area contributed by atoms with Gasteiger partial charge in [-0.05, 0) is 69.2 Å². The summed E-state index contributed by atoms with van der Waals surface area (Å²) >= 11 is 6.25. The van der Waals surface area contributed by atoms with Crippen LogP contribution in [0.15, 0.2) is 12.1 Å². The van der Waals surface area contributed by atoms with E-state index >= 15 is 0 Å². The molecular formula is C17H26ClN. The van der Waals surface area contributed by atoms with E-state index in [1.54, 1.807) is 0 Å². The molecule has 2 unspecified atom stereocenters. The van der Waals surface area contributed by atoms with Crippen LogP contribution < -0.4 is 5.32 Å². The van der Waals surface area contributed by atoms with Crippen molar-refractivity contribution in [3.8, 4) is 0 Å². The Kier molecular flexibility index (Phi) is 5.29. The lowest BCUT2D eigenvalue weighted by Crippen LogP contribution is -2.27. The molecule has 1 saturated carbocycles. The van der Waals surface area contributed by atoms with Gasteiger partial charge in [-0.1, -0.05) is 24.1 Å². The molecule has 1 aliphatic carbocycles. The van der Waals surface area contributed by atoms with Crippen LogP contribution in [0.1, 0.15) is 47.9 Å². The van der Waals surface area contributed by atoms with Crippen molar-refractivity contribution in [2.45, 2.75) is 58.4 Å². The van der Waals surface area contributed by atoms with Crippen LogP contribution in [0.4, 0.5) is 0 Å². The van der Waals surface area contributed by atoms with Gasteiger partial charge in [0.05, 0.1) is 0 Å². The van der Waals surface area contributed by atoms with Crippen LogP contribution >= 0.6 is 11.6 Å². The Morgan fingerprint density at radius 3 is 2.47 bits per heavy atom. The number of nitrogens with one attached hydrogen (secondary N) is 1. The van der Waals surface area contributed by atoms with Gasteiger partial charge in [-0.2, -0.15) is 0 Å². The molecule has 0 aliphatic heterocycles. The Hall–Kier alpha value is -0.530. The van der Waals surface area contributed by atoms with E-state index in [9.17, 15) is 0 Å². The van der Waals surface area contributed by atoms with Gasteiger partial charge in [0.25, 0.3) is 0 Å². The third kappa shape index (κ3) is 4.22. The first-order valence-electron chi connectivity index (χ1n) is 7.47. The van der Waals surface area contributed by atoms with Crippen LogP contribution in [0.2, 0.25) is 0 Å². The molecule has 19 heavy (non-hydrogen) atoms. The van der Waals surface area contributed by atoms with Crippen molar-refractivity contribution < 1.29 is 0 Å². The van der Waals surface area contributed by atoms with Crippen LogP contribution in [0, 0.1) is 26.7 Å². The van der Waals surface area contributed by atoms with E-state index in [4.69, 9.17) is 11.6 Å². The molecule has 1 aliphatic rings. The van der Waals surface area contributed by atoms with Gasteiger partial charge in [0.1, 0.15) is 0 Å². The Balaban J connectivity index is 1.85. The average Bonchev–Trinajstić information content (AvgIpc) is 2.32. The van der Waals surface area contributed by atoms with Crippen molar-refractivity contribution in [3.05, 3.63) is 34.4 Å². The van der Waals surface area contributed by atoms with Gasteiger partial charge in [-0.15, -0.1) is 11.6 Å². The normalized spacial score (nSPS) is 23.6. The second-order valence-corrected chi connectivity index (χ2v) is 6.76. The molecule has 1 aromatic carbocycles. The van der Waals surface area contributed by atoms with Gasteiger partial charge in [-0.3, -0.25) is 0 Å². The minimum Gasteiger partial charge on any atom is -0.312 e. The highest BCUT2D eigenvalue weighted by Crippen LogP contribution is 2.27. The molecular weight excluding hydrogens is 254 g/mol. The van der Waals surface area contributed by atoms with E-state index in [2.05, 4.69) is 38.2 Å². The molecule has 2 heteroatoms. The highest BCUT2D eigenvalue weighted by molar-refractivity contribution is 6.20. The topological polar surface area (TPSA) is 12.0 Å². The Morgan fingerprint density at radius 2 is 1.84 bits per heavy atom. The molecule has 0 amide bonds. The van der Waals surface area contributed by atoms with Crippen molar-refractivity contribution in [2.75, 3.05) is 6.54 Å². The SMILES string of the molecule is Cc1cc(C)c(CNCC2CCCC(Cl)C2)c(C)c1. The third-order valence-corrected chi connectivity index (χ3v) is 4.69. The van der Waals surface area contributed by atoms with E-state index in [0.717, 1.165) is 19.0 Å². The average molecular weight is 280 g/mol. The van der Waals surface area contributed by atoms with E-state index in [-0.39, 0.29) is 0 Å². The minimum absolute atomic E-state index is 0.406. The third-order valence-electron chi connectivity index (χ3n) is 4.29. The standard InChI is InChI=1S/C17H26ClN/c1-12-7-13(2)17(14(3)8-12)11-19-10-15-5-4-6-16(18)9-15/h7-8,15-16,19H,4-6,9-11H2,1-3H3. The predicted octanol–water partition coefficient (Wildman–Crippen LogP) is 4.50. The molecule has 1 fully saturated rings. The minimum atomic E-state index is 0.406. The molecule has 1 aromatic rings. The number of hydrogen-bond acceptors (Lipinski definition) is 1. The molecule has 0 aromatic heterocycles. The molecule has 0 bridgehead atoms.